The van der Waals surface area contributed by atoms with E-state index in [1.165, 1.54) is 6.20 Å². The Labute approximate surface area is 201 Å². The molecule has 1 aliphatic heterocycles. The number of aryl methyl sites for hydroxylation is 1. The van der Waals surface area contributed by atoms with Crippen LogP contribution in [-0.4, -0.2) is 44.0 Å². The van der Waals surface area contributed by atoms with Crippen molar-refractivity contribution >= 4 is 29.2 Å². The summed E-state index contributed by atoms with van der Waals surface area (Å²) >= 11 is 1.77. The highest BCUT2D eigenvalue weighted by atomic mass is 32.2. The van der Waals surface area contributed by atoms with Crippen molar-refractivity contribution in [3.05, 3.63) is 70.5 Å². The zero-order chi connectivity index (χ0) is 23.9. The molecular formula is C24H25N5O4S. The van der Waals surface area contributed by atoms with Crippen LogP contribution in [0, 0.1) is 10.1 Å². The normalized spacial score (nSPS) is 14.1. The van der Waals surface area contributed by atoms with Crippen LogP contribution < -0.4 is 9.64 Å². The second-order valence-corrected chi connectivity index (χ2v) is 9.36. The number of carbonyl (C=O) groups is 1. The molecule has 0 spiro atoms. The van der Waals surface area contributed by atoms with Crippen LogP contribution in [0.3, 0.4) is 0 Å². The van der Waals surface area contributed by atoms with Gasteiger partial charge in [0.2, 0.25) is 5.95 Å². The van der Waals surface area contributed by atoms with Crippen molar-refractivity contribution in [3.63, 3.8) is 0 Å². The van der Waals surface area contributed by atoms with Gasteiger partial charge in [0, 0.05) is 31.0 Å². The molecule has 1 fully saturated rings. The molecule has 176 valence electrons. The van der Waals surface area contributed by atoms with Crippen molar-refractivity contribution in [2.75, 3.05) is 18.0 Å². The third kappa shape index (κ3) is 6.28. The van der Waals surface area contributed by atoms with E-state index in [1.807, 2.05) is 35.2 Å². The van der Waals surface area contributed by atoms with E-state index in [4.69, 9.17) is 4.74 Å². The lowest BCUT2D eigenvalue weighted by Crippen LogP contribution is -2.36. The van der Waals surface area contributed by atoms with E-state index in [0.717, 1.165) is 36.5 Å². The van der Waals surface area contributed by atoms with Crippen LogP contribution in [0.4, 0.5) is 11.6 Å². The van der Waals surface area contributed by atoms with E-state index in [2.05, 4.69) is 15.0 Å². The third-order valence-electron chi connectivity index (χ3n) is 5.47. The number of Topliss-reactive ketones (excluding diaryl/α,β-unsaturated/α-hetero) is 1. The number of benzene rings is 1. The van der Waals surface area contributed by atoms with Gasteiger partial charge >= 0.3 is 11.6 Å². The number of carbonyl (C=O) groups excluding carboxylic acids is 1. The van der Waals surface area contributed by atoms with Crippen molar-refractivity contribution in [1.29, 1.82) is 0 Å². The summed E-state index contributed by atoms with van der Waals surface area (Å²) in [6, 6.07) is 13.0. The molecule has 0 unspecified atom stereocenters. The number of nitro groups is 1. The average Bonchev–Trinajstić information content (AvgIpc) is 2.84. The monoisotopic (exact) mass is 479 g/mol. The van der Waals surface area contributed by atoms with Crippen LogP contribution in [0.5, 0.6) is 11.6 Å². The number of hydrogen-bond donors (Lipinski definition) is 0. The fourth-order valence-corrected chi connectivity index (χ4v) is 4.69. The summed E-state index contributed by atoms with van der Waals surface area (Å²) in [5.74, 6) is 0.894. The Hall–Kier alpha value is -3.53. The summed E-state index contributed by atoms with van der Waals surface area (Å²) in [7, 11) is 0. The number of ether oxygens (including phenoxy) is 1. The first-order valence-electron chi connectivity index (χ1n) is 11.1. The first-order chi connectivity index (χ1) is 16.5. The minimum atomic E-state index is -0.546. The maximum atomic E-state index is 11.5. The van der Waals surface area contributed by atoms with Gasteiger partial charge in [0.1, 0.15) is 17.7 Å². The molecule has 4 rings (SSSR count). The molecule has 0 radical (unpaired) electrons. The van der Waals surface area contributed by atoms with E-state index >= 15 is 0 Å². The highest BCUT2D eigenvalue weighted by Crippen LogP contribution is 2.33. The van der Waals surface area contributed by atoms with E-state index in [1.54, 1.807) is 37.0 Å². The Morgan fingerprint density at radius 1 is 1.18 bits per heavy atom. The van der Waals surface area contributed by atoms with E-state index in [0.29, 0.717) is 29.8 Å². The summed E-state index contributed by atoms with van der Waals surface area (Å²) in [6.45, 7) is 3.05. The predicted octanol–water partition coefficient (Wildman–Crippen LogP) is 4.85. The van der Waals surface area contributed by atoms with Crippen molar-refractivity contribution in [1.82, 2.24) is 15.0 Å². The lowest BCUT2D eigenvalue weighted by atomic mass is 10.1. The number of ketones is 1. The summed E-state index contributed by atoms with van der Waals surface area (Å²) < 4.78 is 5.78. The van der Waals surface area contributed by atoms with Gasteiger partial charge in [-0.2, -0.15) is 4.98 Å². The minimum absolute atomic E-state index is 0.0866. The molecule has 0 atom stereocenters. The maximum absolute atomic E-state index is 11.5. The first kappa shape index (κ1) is 23.6. The zero-order valence-corrected chi connectivity index (χ0v) is 19.6. The molecule has 2 aromatic heterocycles. The van der Waals surface area contributed by atoms with E-state index in [-0.39, 0.29) is 17.4 Å². The van der Waals surface area contributed by atoms with Crippen LogP contribution in [0.2, 0.25) is 0 Å². The molecule has 0 N–H and O–H groups in total. The second-order valence-electron chi connectivity index (χ2n) is 8.04. The van der Waals surface area contributed by atoms with Gasteiger partial charge in [0.15, 0.2) is 0 Å². The van der Waals surface area contributed by atoms with Gasteiger partial charge in [-0.1, -0.05) is 18.2 Å². The fourth-order valence-electron chi connectivity index (χ4n) is 3.62. The van der Waals surface area contributed by atoms with Crippen molar-refractivity contribution in [3.8, 4) is 11.6 Å². The molecule has 1 aliphatic rings. The third-order valence-corrected chi connectivity index (χ3v) is 6.76. The smallest absolute Gasteiger partial charge is 0.349 e. The maximum Gasteiger partial charge on any atom is 0.349 e. The lowest BCUT2D eigenvalue weighted by Gasteiger charge is -2.31. The molecule has 0 amide bonds. The van der Waals surface area contributed by atoms with Crippen molar-refractivity contribution in [2.24, 2.45) is 0 Å². The lowest BCUT2D eigenvalue weighted by molar-refractivity contribution is -0.386. The summed E-state index contributed by atoms with van der Waals surface area (Å²) in [5.41, 5.74) is 0.705. The standard InChI is InChI=1S/C24H25N5O4S/c1-17(30)5-6-18-7-9-19(10-8-18)33-23-21(29(31)32)16-26-24(27-23)28-14-11-20(12-15-28)34-22-4-2-3-13-25-22/h2-4,7-10,13,16,20H,5-6,11-12,14-15H2,1H3. The Balaban J connectivity index is 1.43. The largest absolute Gasteiger partial charge is 0.434 e. The van der Waals surface area contributed by atoms with E-state index in [9.17, 15) is 14.9 Å². The Morgan fingerprint density at radius 2 is 1.94 bits per heavy atom. The number of hydrogen-bond acceptors (Lipinski definition) is 9. The number of pyridine rings is 1. The number of anilines is 1. The Morgan fingerprint density at radius 3 is 2.59 bits per heavy atom. The predicted molar refractivity (Wildman–Crippen MR) is 130 cm³/mol. The molecule has 1 saturated heterocycles. The number of thioether (sulfide) groups is 1. The Kier molecular flexibility index (Phi) is 7.69. The van der Waals surface area contributed by atoms with Crippen LogP contribution in [0.1, 0.15) is 31.7 Å². The summed E-state index contributed by atoms with van der Waals surface area (Å²) in [4.78, 5) is 37.2. The second kappa shape index (κ2) is 11.1. The molecule has 0 saturated carbocycles. The molecular weight excluding hydrogens is 454 g/mol. The minimum Gasteiger partial charge on any atom is -0.434 e. The highest BCUT2D eigenvalue weighted by molar-refractivity contribution is 7.99. The first-order valence-corrected chi connectivity index (χ1v) is 12.0. The Bertz CT molecular complexity index is 1140. The topological polar surface area (TPSA) is 111 Å². The van der Waals surface area contributed by atoms with Gasteiger partial charge < -0.3 is 14.4 Å². The average molecular weight is 480 g/mol. The van der Waals surface area contributed by atoms with Gasteiger partial charge in [-0.3, -0.25) is 10.1 Å². The molecule has 1 aromatic carbocycles. The molecule has 3 aromatic rings. The van der Waals surface area contributed by atoms with Gasteiger partial charge in [-0.15, -0.1) is 11.8 Å². The van der Waals surface area contributed by atoms with Crippen LogP contribution >= 0.6 is 11.8 Å². The van der Waals surface area contributed by atoms with Gasteiger partial charge in [-0.25, -0.2) is 9.97 Å². The van der Waals surface area contributed by atoms with Crippen LogP contribution in [0.15, 0.2) is 59.9 Å². The van der Waals surface area contributed by atoms with E-state index < -0.39 is 4.92 Å². The van der Waals surface area contributed by atoms with Gasteiger partial charge in [-0.05, 0) is 56.0 Å². The SMILES string of the molecule is CC(=O)CCc1ccc(Oc2nc(N3CCC(Sc4ccccn4)CC3)ncc2[N+](=O)[O-])cc1. The molecule has 34 heavy (non-hydrogen) atoms. The number of rotatable bonds is 9. The molecule has 0 bridgehead atoms. The molecule has 10 heteroatoms. The van der Waals surface area contributed by atoms with Crippen LogP contribution in [-0.2, 0) is 11.2 Å². The van der Waals surface area contributed by atoms with Crippen LogP contribution in [0.25, 0.3) is 0 Å². The zero-order valence-electron chi connectivity index (χ0n) is 18.8. The van der Waals surface area contributed by atoms with Gasteiger partial charge in [0.25, 0.3) is 0 Å². The number of nitrogens with zero attached hydrogens (tertiary/aromatic N) is 5. The number of aromatic nitrogens is 3. The molecule has 9 nitrogen and oxygen atoms in total. The summed E-state index contributed by atoms with van der Waals surface area (Å²) in [6.07, 6.45) is 5.97. The van der Waals surface area contributed by atoms with Crippen molar-refractivity contribution in [2.45, 2.75) is 42.9 Å². The van der Waals surface area contributed by atoms with Gasteiger partial charge in [0.05, 0.1) is 9.95 Å². The highest BCUT2D eigenvalue weighted by Gasteiger charge is 2.26. The molecule has 0 aliphatic carbocycles. The fraction of sp³-hybridized carbons (Fsp3) is 0.333. The van der Waals surface area contributed by atoms with Crippen molar-refractivity contribution < 1.29 is 14.5 Å². The quantitative estimate of drug-likeness (QED) is 0.314. The summed E-state index contributed by atoms with van der Waals surface area (Å²) in [5, 5.41) is 13.0. The molecule has 3 heterocycles. The number of piperidine rings is 1.